The van der Waals surface area contributed by atoms with Crippen molar-refractivity contribution in [2.75, 3.05) is 99.1 Å². The van der Waals surface area contributed by atoms with Crippen molar-refractivity contribution in [1.82, 2.24) is 40.1 Å². The van der Waals surface area contributed by atoms with Crippen LogP contribution in [0.4, 0.5) is 38.0 Å². The number of nitrogens with one attached hydrogen (secondary N) is 2. The molecule has 5 saturated heterocycles. The maximum absolute atomic E-state index is 15.8. The number of benzene rings is 2. The number of imide groups is 2. The summed E-state index contributed by atoms with van der Waals surface area (Å²) in [5, 5.41) is 13.6. The first-order chi connectivity index (χ1) is 29.9. The summed E-state index contributed by atoms with van der Waals surface area (Å²) in [6.45, 7) is 7.89. The number of piperidine rings is 3. The highest BCUT2D eigenvalue weighted by Crippen LogP contribution is 2.33. The van der Waals surface area contributed by atoms with Crippen LogP contribution in [0.15, 0.2) is 36.4 Å². The highest BCUT2D eigenvalue weighted by atomic mass is 19.1. The van der Waals surface area contributed by atoms with Gasteiger partial charge in [-0.1, -0.05) is 0 Å². The number of aromatic nitrogens is 3. The van der Waals surface area contributed by atoms with Crippen molar-refractivity contribution in [3.05, 3.63) is 59.0 Å². The topological polar surface area (TPSA) is 214 Å². The Kier molecular flexibility index (Phi) is 11.1. The number of halogens is 1. The zero-order chi connectivity index (χ0) is 43.2. The molecule has 2 aromatic carbocycles. The third-order valence-corrected chi connectivity index (χ3v) is 13.1. The number of primary amides is 1. The quantitative estimate of drug-likeness (QED) is 0.248. The van der Waals surface area contributed by atoms with E-state index in [1.807, 2.05) is 20.8 Å². The fraction of sp³-hybridized carbons (Fsp3) is 0.500. The summed E-state index contributed by atoms with van der Waals surface area (Å²) >= 11 is 0. The number of rotatable bonds is 10. The SMILES string of the molecule is CN1CCN([C@@H]2CCCN(c3nnc(C(N)=O)c(Nc4ccc(N5CCN(CC6CCN(c7ccc8c(c7)C(=O)N(C7CCC(=O)NC7=O)C8=O)CC6)CC5)c(F)c4)n3)C2)C1=O. The van der Waals surface area contributed by atoms with Crippen LogP contribution in [0, 0.1) is 11.7 Å². The summed E-state index contributed by atoms with van der Waals surface area (Å²) in [7, 11) is 1.79. The van der Waals surface area contributed by atoms with Crippen molar-refractivity contribution in [2.24, 2.45) is 11.7 Å². The first-order valence-corrected chi connectivity index (χ1v) is 21.4. The monoisotopic (exact) mass is 851 g/mol. The van der Waals surface area contributed by atoms with Crippen molar-refractivity contribution in [3.63, 3.8) is 0 Å². The van der Waals surface area contributed by atoms with E-state index >= 15 is 4.39 Å². The first kappa shape index (κ1) is 40.9. The number of urea groups is 1. The standard InChI is InChI=1S/C42H50FN13O6/c1-50-15-20-55(42(50)62)28-3-2-12-54(24-28)41-47-37(35(36(44)58)48-49-41)45-26-4-7-32(31(43)21-26)53-18-16-51(17-19-53)23-25-10-13-52(14-11-25)27-5-6-29-30(22-27)40(61)56(39(29)60)33-8-9-34(57)46-38(33)59/h4-7,21-22,25,28,33H,2-3,8-20,23-24H2,1H3,(H2,44,58)(H,45,47,49)(H,46,57,59)/t28-,33?/m1/s1. The molecule has 2 atom stereocenters. The minimum atomic E-state index is -0.997. The molecular formula is C42H50FN13O6. The van der Waals surface area contributed by atoms with Crippen LogP contribution in [0.1, 0.15) is 69.7 Å². The zero-order valence-electron chi connectivity index (χ0n) is 34.6. The van der Waals surface area contributed by atoms with Crippen LogP contribution in [0.2, 0.25) is 0 Å². The highest BCUT2D eigenvalue weighted by molar-refractivity contribution is 6.23. The minimum Gasteiger partial charge on any atom is -0.371 e. The first-order valence-electron chi connectivity index (χ1n) is 21.4. The Labute approximate surface area is 357 Å². The van der Waals surface area contributed by atoms with Gasteiger partial charge in [-0.15, -0.1) is 10.2 Å². The van der Waals surface area contributed by atoms with E-state index in [1.54, 1.807) is 36.2 Å². The lowest BCUT2D eigenvalue weighted by atomic mass is 9.95. The van der Waals surface area contributed by atoms with Gasteiger partial charge in [0.25, 0.3) is 17.7 Å². The molecule has 19 nitrogen and oxygen atoms in total. The van der Waals surface area contributed by atoms with Crippen molar-refractivity contribution >= 4 is 64.4 Å². The molecule has 0 bridgehead atoms. The molecule has 9 rings (SSSR count). The second-order valence-corrected chi connectivity index (χ2v) is 17.0. The van der Waals surface area contributed by atoms with Gasteiger partial charge in [0.2, 0.25) is 17.8 Å². The number of amides is 7. The Balaban J connectivity index is 0.768. The molecule has 62 heavy (non-hydrogen) atoms. The predicted octanol–water partition coefficient (Wildman–Crippen LogP) is 1.63. The summed E-state index contributed by atoms with van der Waals surface area (Å²) in [6.07, 6.45) is 3.78. The zero-order valence-corrected chi connectivity index (χ0v) is 34.6. The van der Waals surface area contributed by atoms with Crippen LogP contribution >= 0.6 is 0 Å². The summed E-state index contributed by atoms with van der Waals surface area (Å²) in [6, 6.07) is 9.09. The number of hydrogen-bond acceptors (Lipinski definition) is 14. The molecule has 0 saturated carbocycles. The molecule has 0 spiro atoms. The van der Waals surface area contributed by atoms with Gasteiger partial charge in [-0.25, -0.2) is 9.18 Å². The molecule has 0 radical (unpaired) electrons. The summed E-state index contributed by atoms with van der Waals surface area (Å²) in [5.74, 6) is -2.46. The molecule has 7 heterocycles. The van der Waals surface area contributed by atoms with Gasteiger partial charge in [-0.05, 0) is 74.4 Å². The molecule has 3 aromatic rings. The van der Waals surface area contributed by atoms with Crippen molar-refractivity contribution in [2.45, 2.75) is 50.6 Å². The number of nitrogens with two attached hydrogens (primary N) is 1. The maximum atomic E-state index is 15.8. The molecule has 6 aliphatic rings. The molecule has 4 N–H and O–H groups in total. The Morgan fingerprint density at radius 3 is 2.32 bits per heavy atom. The van der Waals surface area contributed by atoms with E-state index in [2.05, 4.69) is 35.6 Å². The fourth-order valence-electron chi connectivity index (χ4n) is 9.65. The van der Waals surface area contributed by atoms with Crippen LogP contribution in [-0.2, 0) is 9.59 Å². The Morgan fingerprint density at radius 1 is 0.839 bits per heavy atom. The molecule has 7 amide bonds. The van der Waals surface area contributed by atoms with Crippen LogP contribution in [0.3, 0.4) is 0 Å². The molecule has 1 aromatic heterocycles. The number of fused-ring (bicyclic) bond motifs is 1. The number of piperazine rings is 1. The lowest BCUT2D eigenvalue weighted by molar-refractivity contribution is -0.136. The molecule has 326 valence electrons. The van der Waals surface area contributed by atoms with E-state index in [-0.39, 0.29) is 47.6 Å². The van der Waals surface area contributed by atoms with E-state index in [0.717, 1.165) is 69.0 Å². The van der Waals surface area contributed by atoms with Crippen LogP contribution in [0.25, 0.3) is 0 Å². The fourth-order valence-corrected chi connectivity index (χ4v) is 9.65. The molecule has 0 aliphatic carbocycles. The van der Waals surface area contributed by atoms with Crippen molar-refractivity contribution in [1.29, 1.82) is 0 Å². The number of carbonyl (C=O) groups excluding carboxylic acids is 6. The van der Waals surface area contributed by atoms with Crippen LogP contribution in [0.5, 0.6) is 0 Å². The highest BCUT2D eigenvalue weighted by Gasteiger charge is 2.45. The van der Waals surface area contributed by atoms with Gasteiger partial charge in [0, 0.05) is 96.8 Å². The van der Waals surface area contributed by atoms with Gasteiger partial charge in [0.1, 0.15) is 11.9 Å². The van der Waals surface area contributed by atoms with E-state index < -0.39 is 41.4 Å². The number of nitrogens with zero attached hydrogens (tertiary/aromatic N) is 10. The lowest BCUT2D eigenvalue weighted by Crippen LogP contribution is -2.54. The summed E-state index contributed by atoms with van der Waals surface area (Å²) in [4.78, 5) is 93.4. The van der Waals surface area contributed by atoms with Gasteiger partial charge in [0.15, 0.2) is 11.5 Å². The molecular weight excluding hydrogens is 802 g/mol. The average Bonchev–Trinajstić information content (AvgIpc) is 3.73. The van der Waals surface area contributed by atoms with E-state index in [9.17, 15) is 28.8 Å². The van der Waals surface area contributed by atoms with Gasteiger partial charge in [-0.3, -0.25) is 39.1 Å². The minimum absolute atomic E-state index is 0.00305. The van der Waals surface area contributed by atoms with Gasteiger partial charge >= 0.3 is 6.03 Å². The second kappa shape index (κ2) is 16.8. The molecule has 1 unspecified atom stereocenters. The number of anilines is 5. The van der Waals surface area contributed by atoms with E-state index in [0.29, 0.717) is 62.5 Å². The Bertz CT molecular complexity index is 2320. The van der Waals surface area contributed by atoms with E-state index in [4.69, 9.17) is 5.73 Å². The number of carbonyl (C=O) groups is 6. The van der Waals surface area contributed by atoms with Gasteiger partial charge in [0.05, 0.1) is 22.9 Å². The van der Waals surface area contributed by atoms with Crippen LogP contribution in [-0.4, -0.2) is 161 Å². The number of hydrogen-bond donors (Lipinski definition) is 3. The third-order valence-electron chi connectivity index (χ3n) is 13.1. The summed E-state index contributed by atoms with van der Waals surface area (Å²) in [5.41, 5.74) is 7.73. The Hall–Kier alpha value is -6.44. The molecule has 20 heteroatoms. The average molecular weight is 852 g/mol. The summed E-state index contributed by atoms with van der Waals surface area (Å²) < 4.78 is 15.8. The van der Waals surface area contributed by atoms with Crippen molar-refractivity contribution in [3.8, 4) is 0 Å². The maximum Gasteiger partial charge on any atom is 0.320 e. The van der Waals surface area contributed by atoms with Crippen molar-refractivity contribution < 1.29 is 33.2 Å². The van der Waals surface area contributed by atoms with Gasteiger partial charge < -0.3 is 35.6 Å². The largest absolute Gasteiger partial charge is 0.371 e. The molecule has 5 fully saturated rings. The molecule has 6 aliphatic heterocycles. The predicted molar refractivity (Wildman–Crippen MR) is 225 cm³/mol. The van der Waals surface area contributed by atoms with Crippen LogP contribution < -0.4 is 31.1 Å². The normalized spacial score (nSPS) is 22.8. The lowest BCUT2D eigenvalue weighted by Gasteiger charge is -2.40. The third kappa shape index (κ3) is 7.93. The van der Waals surface area contributed by atoms with E-state index in [1.165, 1.54) is 6.07 Å². The smallest absolute Gasteiger partial charge is 0.320 e. The number of likely N-dealkylation sites (N-methyl/N-ethyl adjacent to an activating group) is 1. The Morgan fingerprint density at radius 2 is 1.61 bits per heavy atom. The second-order valence-electron chi connectivity index (χ2n) is 17.0. The van der Waals surface area contributed by atoms with Gasteiger partial charge in [-0.2, -0.15) is 4.98 Å².